The van der Waals surface area contributed by atoms with Crippen LogP contribution >= 0.6 is 0 Å². The number of alkyl halides is 3. The molecule has 4 atom stereocenters. The number of hydrogen-bond donors (Lipinski definition) is 6. The number of benzene rings is 2. The smallest absolute Gasteiger partial charge is 0.382 e. The maximum atomic E-state index is 13.8. The van der Waals surface area contributed by atoms with E-state index in [0.29, 0.717) is 6.42 Å². The van der Waals surface area contributed by atoms with Crippen LogP contribution in [0.5, 0.6) is 0 Å². The summed E-state index contributed by atoms with van der Waals surface area (Å²) in [5.74, 6) is -3.45. The Morgan fingerprint density at radius 2 is 1.59 bits per heavy atom. The number of Topliss-reactive ketones (excluding diaryl/α,β-unsaturated/α-hetero) is 2. The zero-order chi connectivity index (χ0) is 34.7. The monoisotopic (exact) mass is 669 g/mol. The van der Waals surface area contributed by atoms with Crippen molar-refractivity contribution in [1.82, 2.24) is 15.4 Å². The van der Waals surface area contributed by atoms with Crippen LogP contribution in [0.3, 0.4) is 0 Å². The van der Waals surface area contributed by atoms with E-state index in [4.69, 9.17) is 5.73 Å². The molecule has 1 fully saturated rings. The molecule has 2 unspecified atom stereocenters. The molecule has 3 rings (SSSR count). The van der Waals surface area contributed by atoms with E-state index < -0.39 is 74.8 Å². The number of nitrogens with one attached hydrogen (secondary N) is 4. The molecular weight excluding hydrogens is 631 g/mol. The molecule has 12 nitrogen and oxygen atoms in total. The van der Waals surface area contributed by atoms with E-state index >= 15 is 0 Å². The number of rotatable bonds is 12. The van der Waals surface area contributed by atoms with Gasteiger partial charge in [-0.3, -0.25) is 19.7 Å². The Kier molecular flexibility index (Phi) is 11.0. The number of aliphatic hydroxyl groups is 1. The highest BCUT2D eigenvalue weighted by atomic mass is 32.2. The maximum Gasteiger partial charge on any atom is 0.416 e. The van der Waals surface area contributed by atoms with Gasteiger partial charge in [-0.15, -0.1) is 0 Å². The summed E-state index contributed by atoms with van der Waals surface area (Å²) < 4.78 is 66.5. The van der Waals surface area contributed by atoms with E-state index in [1.807, 2.05) is 4.72 Å². The number of urea groups is 1. The average molecular weight is 670 g/mol. The van der Waals surface area contributed by atoms with Crippen molar-refractivity contribution in [3.8, 4) is 0 Å². The van der Waals surface area contributed by atoms with Crippen molar-refractivity contribution in [3.05, 3.63) is 60.2 Å². The molecule has 1 saturated heterocycles. The molecule has 1 aliphatic heterocycles. The first-order valence-electron chi connectivity index (χ1n) is 14.4. The number of halogens is 3. The van der Waals surface area contributed by atoms with Crippen molar-refractivity contribution in [3.63, 3.8) is 0 Å². The van der Waals surface area contributed by atoms with Crippen LogP contribution in [0, 0.1) is 11.3 Å². The Hall–Kier alpha value is -3.86. The summed E-state index contributed by atoms with van der Waals surface area (Å²) in [4.78, 5) is 53.0. The first kappa shape index (κ1) is 36.6. The lowest BCUT2D eigenvalue weighted by molar-refractivity contribution is -0.215. The maximum absolute atomic E-state index is 13.8. The molecule has 2 aromatic rings. The zero-order valence-electron chi connectivity index (χ0n) is 25.6. The van der Waals surface area contributed by atoms with Crippen LogP contribution in [0.25, 0.3) is 0 Å². The minimum Gasteiger partial charge on any atom is -0.382 e. The average Bonchev–Trinajstić information content (AvgIpc) is 3.49. The van der Waals surface area contributed by atoms with Crippen LogP contribution in [0.15, 0.2) is 59.5 Å². The van der Waals surface area contributed by atoms with E-state index in [2.05, 4.69) is 16.0 Å². The van der Waals surface area contributed by atoms with Gasteiger partial charge in [-0.2, -0.15) is 13.2 Å². The number of carbonyl (C=O) groups excluding carboxylic acids is 4. The Balaban J connectivity index is 1.75. The number of hydrogen-bond acceptors (Lipinski definition) is 9. The summed E-state index contributed by atoms with van der Waals surface area (Å²) in [6, 6.07) is 8.14. The van der Waals surface area contributed by atoms with Crippen molar-refractivity contribution in [2.24, 2.45) is 17.1 Å². The lowest BCUT2D eigenvalue weighted by Crippen LogP contribution is -2.68. The molecule has 0 aromatic heterocycles. The number of nitrogens with two attached hydrogens (primary N) is 1. The van der Waals surface area contributed by atoms with Gasteiger partial charge in [0.2, 0.25) is 5.91 Å². The highest BCUT2D eigenvalue weighted by Gasteiger charge is 2.55. The van der Waals surface area contributed by atoms with Crippen LogP contribution in [0.2, 0.25) is 0 Å². The second-order valence-corrected chi connectivity index (χ2v) is 13.7. The van der Waals surface area contributed by atoms with Gasteiger partial charge in [-0.05, 0) is 61.7 Å². The third-order valence-electron chi connectivity index (χ3n) is 7.99. The van der Waals surface area contributed by atoms with Gasteiger partial charge < -0.3 is 21.5 Å². The molecule has 252 valence electrons. The molecule has 1 aliphatic rings. The molecule has 1 heterocycles. The Morgan fingerprint density at radius 3 is 2.09 bits per heavy atom. The molecule has 0 radical (unpaired) electrons. The molecule has 0 bridgehead atoms. The third kappa shape index (κ3) is 7.92. The lowest BCUT2D eigenvalue weighted by Gasteiger charge is -2.37. The van der Waals surface area contributed by atoms with Gasteiger partial charge in [0.15, 0.2) is 23.2 Å². The molecular formula is C30H38F3N5O7S. The summed E-state index contributed by atoms with van der Waals surface area (Å²) in [5.41, 5.74) is 2.88. The highest BCUT2D eigenvalue weighted by Crippen LogP contribution is 2.33. The number of anilines is 1. The topological polar surface area (TPSA) is 197 Å². The summed E-state index contributed by atoms with van der Waals surface area (Å²) in [7, 11) is -4.14. The first-order valence-corrected chi connectivity index (χ1v) is 15.9. The van der Waals surface area contributed by atoms with Crippen LogP contribution in [-0.2, 0) is 19.6 Å². The largest absolute Gasteiger partial charge is 0.416 e. The fourth-order valence-electron chi connectivity index (χ4n) is 5.10. The minimum atomic E-state index is -5.03. The third-order valence-corrected chi connectivity index (χ3v) is 9.33. The second kappa shape index (κ2) is 13.9. The number of ketones is 2. The predicted octanol–water partition coefficient (Wildman–Crippen LogP) is 2.49. The Bertz CT molecular complexity index is 1540. The molecule has 3 amide bonds. The summed E-state index contributed by atoms with van der Waals surface area (Å²) >= 11 is 0. The van der Waals surface area contributed by atoms with E-state index in [1.165, 1.54) is 76.2 Å². The first-order chi connectivity index (χ1) is 21.2. The number of aliphatic hydroxyl groups excluding tert-OH is 1. The van der Waals surface area contributed by atoms with Crippen LogP contribution in [-0.4, -0.2) is 73.5 Å². The SMILES string of the molecule is CC(C)C(NC(=O)[C@@]1(C(=O)[C@@H](N)C(C)(C)C(=O)c2ccc(NC(=O)NS(=O)(=O)c3ccccc3)cc2)CCCN1)C(O)C(F)(F)F. The fourth-order valence-corrected chi connectivity index (χ4v) is 6.03. The summed E-state index contributed by atoms with van der Waals surface area (Å²) in [6.07, 6.45) is -7.68. The van der Waals surface area contributed by atoms with Gasteiger partial charge in [-0.1, -0.05) is 45.9 Å². The van der Waals surface area contributed by atoms with Crippen molar-refractivity contribution < 1.29 is 45.9 Å². The summed E-state index contributed by atoms with van der Waals surface area (Å²) in [5, 5.41) is 17.2. The van der Waals surface area contributed by atoms with Gasteiger partial charge in [0.1, 0.15) is 0 Å². The molecule has 2 aromatic carbocycles. The van der Waals surface area contributed by atoms with Gasteiger partial charge in [-0.25, -0.2) is 17.9 Å². The van der Waals surface area contributed by atoms with Crippen LogP contribution < -0.4 is 26.4 Å². The minimum absolute atomic E-state index is 0.0715. The molecule has 16 heteroatoms. The van der Waals surface area contributed by atoms with E-state index in [-0.39, 0.29) is 29.1 Å². The van der Waals surface area contributed by atoms with Crippen molar-refractivity contribution >= 4 is 39.2 Å². The van der Waals surface area contributed by atoms with Gasteiger partial charge >= 0.3 is 12.2 Å². The normalized spacial score (nSPS) is 19.2. The van der Waals surface area contributed by atoms with E-state index in [9.17, 15) is 45.9 Å². The van der Waals surface area contributed by atoms with Crippen LogP contribution in [0.4, 0.5) is 23.7 Å². The zero-order valence-corrected chi connectivity index (χ0v) is 26.5. The number of carbonyl (C=O) groups is 4. The summed E-state index contributed by atoms with van der Waals surface area (Å²) in [6.45, 7) is 5.71. The Labute approximate surface area is 264 Å². The predicted molar refractivity (Wildman–Crippen MR) is 162 cm³/mol. The fraction of sp³-hybridized carbons (Fsp3) is 0.467. The van der Waals surface area contributed by atoms with Gasteiger partial charge in [0.05, 0.1) is 22.4 Å². The number of sulfonamides is 1. The van der Waals surface area contributed by atoms with E-state index in [1.54, 1.807) is 6.07 Å². The standard InChI is InChI=1S/C30H38F3N5O7S/c1-17(2)21(24(40)30(31,32)33)37-26(42)29(15-8-16-35-29)25(41)22(34)28(3,4)23(39)18-11-13-19(14-12-18)36-27(43)38-46(44,45)20-9-6-5-7-10-20/h5-7,9-14,17,21-22,24,35,40H,8,15-16,34H2,1-4H3,(H,37,42)(H2,36,38,43)/t21?,22-,24?,29+/m1/s1. The van der Waals surface area contributed by atoms with Crippen molar-refractivity contribution in [2.75, 3.05) is 11.9 Å². The molecule has 46 heavy (non-hydrogen) atoms. The van der Waals surface area contributed by atoms with Gasteiger partial charge in [0.25, 0.3) is 10.0 Å². The van der Waals surface area contributed by atoms with Crippen molar-refractivity contribution in [2.45, 2.75) is 75.3 Å². The van der Waals surface area contributed by atoms with E-state index in [0.717, 1.165) is 0 Å². The second-order valence-electron chi connectivity index (χ2n) is 12.0. The van der Waals surface area contributed by atoms with Gasteiger partial charge in [0, 0.05) is 11.3 Å². The molecule has 0 saturated carbocycles. The quantitative estimate of drug-likeness (QED) is 0.145. The van der Waals surface area contributed by atoms with Crippen LogP contribution in [0.1, 0.15) is 50.9 Å². The molecule has 0 aliphatic carbocycles. The Morgan fingerprint density at radius 1 is 1.00 bits per heavy atom. The number of amides is 3. The molecule has 0 spiro atoms. The van der Waals surface area contributed by atoms with Crippen molar-refractivity contribution in [1.29, 1.82) is 0 Å². The molecule has 7 N–H and O–H groups in total. The highest BCUT2D eigenvalue weighted by molar-refractivity contribution is 7.90. The lowest BCUT2D eigenvalue weighted by atomic mass is 9.71.